The fourth-order valence-corrected chi connectivity index (χ4v) is 1.19. The number of rotatable bonds is 5. The van der Waals surface area contributed by atoms with Crippen LogP contribution in [0.4, 0.5) is 0 Å². The van der Waals surface area contributed by atoms with E-state index >= 15 is 0 Å². The van der Waals surface area contributed by atoms with E-state index in [-0.39, 0.29) is 5.75 Å². The summed E-state index contributed by atoms with van der Waals surface area (Å²) in [6.07, 6.45) is 1.01. The highest BCUT2D eigenvalue weighted by Crippen LogP contribution is 2.10. The van der Waals surface area contributed by atoms with E-state index in [9.17, 15) is 0 Å². The summed E-state index contributed by atoms with van der Waals surface area (Å²) in [4.78, 5) is 5.22. The van der Waals surface area contributed by atoms with Gasteiger partial charge in [-0.1, -0.05) is 19.0 Å². The van der Waals surface area contributed by atoms with Crippen LogP contribution in [0.3, 0.4) is 0 Å². The second kappa shape index (κ2) is 6.16. The number of phenols is 1. The molecule has 1 rings (SSSR count). The van der Waals surface area contributed by atoms with Crippen LogP contribution in [0.25, 0.3) is 0 Å². The Balaban J connectivity index is 2.47. The van der Waals surface area contributed by atoms with E-state index in [0.29, 0.717) is 12.5 Å². The number of hydrogen-bond donors (Lipinski definition) is 1. The Morgan fingerprint density at radius 2 is 1.94 bits per heavy atom. The van der Waals surface area contributed by atoms with Crippen LogP contribution in [0, 0.1) is 5.92 Å². The van der Waals surface area contributed by atoms with E-state index < -0.39 is 0 Å². The third-order valence-electron chi connectivity index (χ3n) is 2.27. The fraction of sp³-hybridized carbons (Fsp3) is 0.462. The molecule has 16 heavy (non-hydrogen) atoms. The van der Waals surface area contributed by atoms with Gasteiger partial charge in [0.2, 0.25) is 0 Å². The molecular weight excluding hydrogens is 202 g/mol. The van der Waals surface area contributed by atoms with E-state index in [4.69, 9.17) is 9.94 Å². The van der Waals surface area contributed by atoms with Crippen molar-refractivity contribution in [3.63, 3.8) is 0 Å². The molecular formula is C13H19NO2. The summed E-state index contributed by atoms with van der Waals surface area (Å²) < 4.78 is 0. The average molecular weight is 221 g/mol. The topological polar surface area (TPSA) is 41.8 Å². The number of phenolic OH excluding ortho intramolecular Hbond substituents is 1. The van der Waals surface area contributed by atoms with Crippen LogP contribution in [0.1, 0.15) is 32.8 Å². The van der Waals surface area contributed by atoms with E-state index in [1.807, 2.05) is 19.1 Å². The molecule has 3 nitrogen and oxygen atoms in total. The van der Waals surface area contributed by atoms with E-state index in [1.165, 1.54) is 0 Å². The predicted molar refractivity (Wildman–Crippen MR) is 65.7 cm³/mol. The predicted octanol–water partition coefficient (Wildman–Crippen LogP) is 3.18. The molecule has 0 radical (unpaired) electrons. The van der Waals surface area contributed by atoms with Crippen molar-refractivity contribution in [2.45, 2.75) is 27.2 Å². The van der Waals surface area contributed by atoms with Crippen LogP contribution in [-0.2, 0) is 4.84 Å². The molecule has 0 heterocycles. The first kappa shape index (κ1) is 12.6. The van der Waals surface area contributed by atoms with Gasteiger partial charge in [0.25, 0.3) is 0 Å². The van der Waals surface area contributed by atoms with Crippen LogP contribution in [0.2, 0.25) is 0 Å². The Labute approximate surface area is 96.7 Å². The van der Waals surface area contributed by atoms with Gasteiger partial charge in [-0.2, -0.15) is 0 Å². The summed E-state index contributed by atoms with van der Waals surface area (Å²) in [5.74, 6) is 0.890. The SMILES string of the molecule is C/C(=N\OCCC(C)C)c1ccc(O)cc1. The van der Waals surface area contributed by atoms with Gasteiger partial charge in [-0.15, -0.1) is 0 Å². The quantitative estimate of drug-likeness (QED) is 0.471. The average Bonchev–Trinajstić information content (AvgIpc) is 2.25. The minimum atomic E-state index is 0.261. The van der Waals surface area contributed by atoms with Crippen LogP contribution < -0.4 is 0 Å². The third kappa shape index (κ3) is 4.34. The van der Waals surface area contributed by atoms with Gasteiger partial charge in [0.05, 0.1) is 5.71 Å². The van der Waals surface area contributed by atoms with Crippen molar-refractivity contribution < 1.29 is 9.94 Å². The number of benzene rings is 1. The van der Waals surface area contributed by atoms with Crippen molar-refractivity contribution in [2.75, 3.05) is 6.61 Å². The number of hydrogen-bond acceptors (Lipinski definition) is 3. The van der Waals surface area contributed by atoms with Crippen LogP contribution in [0.15, 0.2) is 29.4 Å². The first-order valence-electron chi connectivity index (χ1n) is 5.55. The summed E-state index contributed by atoms with van der Waals surface area (Å²) >= 11 is 0. The molecule has 1 N–H and O–H groups in total. The number of aromatic hydroxyl groups is 1. The molecule has 1 aromatic carbocycles. The van der Waals surface area contributed by atoms with E-state index in [2.05, 4.69) is 19.0 Å². The minimum Gasteiger partial charge on any atom is -0.508 e. The van der Waals surface area contributed by atoms with Gasteiger partial charge in [-0.05, 0) is 49.1 Å². The highest BCUT2D eigenvalue weighted by atomic mass is 16.6. The van der Waals surface area contributed by atoms with Crippen molar-refractivity contribution in [1.82, 2.24) is 0 Å². The summed E-state index contributed by atoms with van der Waals surface area (Å²) in [6, 6.07) is 6.92. The highest BCUT2D eigenvalue weighted by Gasteiger charge is 1.98. The lowest BCUT2D eigenvalue weighted by molar-refractivity contribution is 0.133. The monoisotopic (exact) mass is 221 g/mol. The minimum absolute atomic E-state index is 0.261. The van der Waals surface area contributed by atoms with Gasteiger partial charge in [0, 0.05) is 0 Å². The lowest BCUT2D eigenvalue weighted by Gasteiger charge is -2.04. The molecule has 0 amide bonds. The van der Waals surface area contributed by atoms with Crippen molar-refractivity contribution in [3.8, 4) is 5.75 Å². The molecule has 0 unspecified atom stereocenters. The lowest BCUT2D eigenvalue weighted by atomic mass is 10.1. The highest BCUT2D eigenvalue weighted by molar-refractivity contribution is 5.98. The second-order valence-electron chi connectivity index (χ2n) is 4.24. The first-order valence-corrected chi connectivity index (χ1v) is 5.55. The van der Waals surface area contributed by atoms with Crippen LogP contribution in [-0.4, -0.2) is 17.4 Å². The zero-order chi connectivity index (χ0) is 12.0. The number of nitrogens with zero attached hydrogens (tertiary/aromatic N) is 1. The molecule has 0 bridgehead atoms. The first-order chi connectivity index (χ1) is 7.59. The third-order valence-corrected chi connectivity index (χ3v) is 2.27. The van der Waals surface area contributed by atoms with Gasteiger partial charge < -0.3 is 9.94 Å². The molecule has 0 aliphatic carbocycles. The fourth-order valence-electron chi connectivity index (χ4n) is 1.19. The Hall–Kier alpha value is -1.51. The van der Waals surface area contributed by atoms with E-state index in [1.54, 1.807) is 12.1 Å². The zero-order valence-corrected chi connectivity index (χ0v) is 10.1. The molecule has 1 aromatic rings. The van der Waals surface area contributed by atoms with Crippen molar-refractivity contribution in [1.29, 1.82) is 0 Å². The molecule has 3 heteroatoms. The van der Waals surface area contributed by atoms with Crippen molar-refractivity contribution >= 4 is 5.71 Å². The van der Waals surface area contributed by atoms with Gasteiger partial charge in [0.15, 0.2) is 0 Å². The van der Waals surface area contributed by atoms with Crippen molar-refractivity contribution in [3.05, 3.63) is 29.8 Å². The summed E-state index contributed by atoms with van der Waals surface area (Å²) in [5, 5.41) is 13.2. The van der Waals surface area contributed by atoms with Crippen LogP contribution >= 0.6 is 0 Å². The lowest BCUT2D eigenvalue weighted by Crippen LogP contribution is -1.99. The Morgan fingerprint density at radius 1 is 1.31 bits per heavy atom. The van der Waals surface area contributed by atoms with Gasteiger partial charge in [-0.25, -0.2) is 0 Å². The second-order valence-corrected chi connectivity index (χ2v) is 4.24. The maximum atomic E-state index is 9.14. The standard InChI is InChI=1S/C13H19NO2/c1-10(2)8-9-16-14-11(3)12-4-6-13(15)7-5-12/h4-7,10,15H,8-9H2,1-3H3/b14-11+. The molecule has 0 atom stereocenters. The molecule has 0 fully saturated rings. The molecule has 0 saturated carbocycles. The van der Waals surface area contributed by atoms with Crippen LogP contribution in [0.5, 0.6) is 5.75 Å². The van der Waals surface area contributed by atoms with Crippen molar-refractivity contribution in [2.24, 2.45) is 11.1 Å². The largest absolute Gasteiger partial charge is 0.508 e. The van der Waals surface area contributed by atoms with Gasteiger partial charge in [0.1, 0.15) is 12.4 Å². The Morgan fingerprint density at radius 3 is 2.50 bits per heavy atom. The van der Waals surface area contributed by atoms with Gasteiger partial charge in [-0.3, -0.25) is 0 Å². The maximum absolute atomic E-state index is 9.14. The zero-order valence-electron chi connectivity index (χ0n) is 10.1. The molecule has 0 aliphatic heterocycles. The summed E-state index contributed by atoms with van der Waals surface area (Å²) in [6.45, 7) is 6.84. The molecule has 88 valence electrons. The summed E-state index contributed by atoms with van der Waals surface area (Å²) in [5.41, 5.74) is 1.78. The Kier molecular flexibility index (Phi) is 4.83. The maximum Gasteiger partial charge on any atom is 0.117 e. The summed E-state index contributed by atoms with van der Waals surface area (Å²) in [7, 11) is 0. The number of oxime groups is 1. The smallest absolute Gasteiger partial charge is 0.117 e. The Bertz CT molecular complexity index is 341. The molecule has 0 aromatic heterocycles. The molecule has 0 spiro atoms. The van der Waals surface area contributed by atoms with Gasteiger partial charge >= 0.3 is 0 Å². The normalized spacial score (nSPS) is 11.9. The molecule has 0 aliphatic rings. The van der Waals surface area contributed by atoms with E-state index in [0.717, 1.165) is 17.7 Å². The molecule has 0 saturated heterocycles.